The first-order chi connectivity index (χ1) is 17.1. The minimum atomic E-state index is -3.95. The van der Waals surface area contributed by atoms with E-state index in [2.05, 4.69) is 15.4 Å². The van der Waals surface area contributed by atoms with Gasteiger partial charge in [-0.25, -0.2) is 8.42 Å². The highest BCUT2D eigenvalue weighted by Gasteiger charge is 2.19. The van der Waals surface area contributed by atoms with Gasteiger partial charge >= 0.3 is 0 Å². The zero-order chi connectivity index (χ0) is 26.3. The maximum Gasteiger partial charge on any atom is 0.262 e. The number of thiocarbonyl (C=S) groups is 1. The smallest absolute Gasteiger partial charge is 0.262 e. The molecule has 3 aromatic rings. The first-order valence-electron chi connectivity index (χ1n) is 11.1. The van der Waals surface area contributed by atoms with E-state index in [1.807, 2.05) is 13.8 Å². The molecular weight excluding hydrogens is 497 g/mol. The third kappa shape index (κ3) is 6.99. The van der Waals surface area contributed by atoms with Gasteiger partial charge in [0.2, 0.25) is 0 Å². The van der Waals surface area contributed by atoms with E-state index in [1.165, 1.54) is 12.1 Å². The van der Waals surface area contributed by atoms with Crippen molar-refractivity contribution in [2.75, 3.05) is 23.3 Å². The number of ether oxygens (including phenoxy) is 2. The van der Waals surface area contributed by atoms with Gasteiger partial charge in [-0.15, -0.1) is 0 Å². The summed E-state index contributed by atoms with van der Waals surface area (Å²) in [5.41, 5.74) is 1.93. The van der Waals surface area contributed by atoms with E-state index in [0.717, 1.165) is 0 Å². The van der Waals surface area contributed by atoms with E-state index in [4.69, 9.17) is 29.5 Å². The Morgan fingerprint density at radius 2 is 1.61 bits per heavy atom. The number of nitrogens with one attached hydrogen (secondary N) is 3. The van der Waals surface area contributed by atoms with Gasteiger partial charge in [-0.2, -0.15) is 0 Å². The van der Waals surface area contributed by atoms with E-state index >= 15 is 0 Å². The average Bonchev–Trinajstić information content (AvgIpc) is 2.82. The number of carbonyl (C=O) groups is 1. The number of rotatable bonds is 9. The predicted octanol–water partition coefficient (Wildman–Crippen LogP) is 3.51. The van der Waals surface area contributed by atoms with Crippen molar-refractivity contribution < 1.29 is 22.7 Å². The molecule has 2 radical (unpaired) electrons. The first kappa shape index (κ1) is 27.0. The van der Waals surface area contributed by atoms with Crippen LogP contribution in [0.25, 0.3) is 0 Å². The van der Waals surface area contributed by atoms with Crippen molar-refractivity contribution in [1.82, 2.24) is 5.32 Å². The zero-order valence-corrected chi connectivity index (χ0v) is 21.8. The van der Waals surface area contributed by atoms with Crippen LogP contribution >= 0.6 is 12.2 Å². The lowest BCUT2D eigenvalue weighted by atomic mass is 9.94. The van der Waals surface area contributed by atoms with Gasteiger partial charge in [0.15, 0.2) is 5.11 Å². The van der Waals surface area contributed by atoms with E-state index in [0.29, 0.717) is 52.7 Å². The molecule has 0 bridgehead atoms. The SMILES string of the molecule is [B]c1cc(NS(=O)(=O)c2cc(NC(=S)NC(=O)c3ccc(OCC)cc3)ccc2C)ccc1OCC. The summed E-state index contributed by atoms with van der Waals surface area (Å²) in [5.74, 6) is 0.721. The van der Waals surface area contributed by atoms with Crippen LogP contribution in [0.2, 0.25) is 0 Å². The van der Waals surface area contributed by atoms with Crippen LogP contribution < -0.4 is 30.3 Å². The number of benzene rings is 3. The molecule has 3 rings (SSSR count). The maximum absolute atomic E-state index is 13.1. The van der Waals surface area contributed by atoms with Gasteiger partial charge in [-0.1, -0.05) is 11.5 Å². The Kier molecular flexibility index (Phi) is 8.95. The van der Waals surface area contributed by atoms with Crippen molar-refractivity contribution in [3.8, 4) is 11.5 Å². The fourth-order valence-corrected chi connectivity index (χ4v) is 4.82. The molecule has 0 atom stereocenters. The van der Waals surface area contributed by atoms with Gasteiger partial charge in [0.1, 0.15) is 19.3 Å². The molecule has 0 spiro atoms. The quantitative estimate of drug-likeness (QED) is 0.291. The summed E-state index contributed by atoms with van der Waals surface area (Å²) in [6.07, 6.45) is 0. The van der Waals surface area contributed by atoms with E-state index in [9.17, 15) is 13.2 Å². The molecule has 11 heteroatoms. The number of carbonyl (C=O) groups excluding carboxylic acids is 1. The molecule has 186 valence electrons. The van der Waals surface area contributed by atoms with Crippen LogP contribution in [-0.2, 0) is 10.0 Å². The molecule has 0 unspecified atom stereocenters. The van der Waals surface area contributed by atoms with Crippen LogP contribution in [0, 0.1) is 6.92 Å². The number of hydrogen-bond acceptors (Lipinski definition) is 6. The monoisotopic (exact) mass is 523 g/mol. The van der Waals surface area contributed by atoms with E-state index < -0.39 is 15.9 Å². The summed E-state index contributed by atoms with van der Waals surface area (Å²) in [4.78, 5) is 12.5. The van der Waals surface area contributed by atoms with Crippen molar-refractivity contribution in [1.29, 1.82) is 0 Å². The number of sulfonamides is 1. The fraction of sp³-hybridized carbons (Fsp3) is 0.200. The number of anilines is 2. The van der Waals surface area contributed by atoms with Crippen LogP contribution in [0.15, 0.2) is 65.6 Å². The lowest BCUT2D eigenvalue weighted by Crippen LogP contribution is -2.34. The second-order valence-corrected chi connectivity index (χ2v) is 9.70. The molecule has 0 saturated heterocycles. The van der Waals surface area contributed by atoms with Crippen molar-refractivity contribution in [2.45, 2.75) is 25.7 Å². The average molecular weight is 523 g/mol. The van der Waals surface area contributed by atoms with Gasteiger partial charge in [0.05, 0.1) is 18.1 Å². The molecule has 0 aliphatic rings. The second kappa shape index (κ2) is 11.9. The second-order valence-electron chi connectivity index (χ2n) is 7.64. The van der Waals surface area contributed by atoms with Gasteiger partial charge in [0.25, 0.3) is 15.9 Å². The molecule has 8 nitrogen and oxygen atoms in total. The molecular formula is C25H26BN3O5S2. The van der Waals surface area contributed by atoms with E-state index in [-0.39, 0.29) is 10.0 Å². The molecule has 0 fully saturated rings. The fourth-order valence-electron chi connectivity index (χ4n) is 3.28. The van der Waals surface area contributed by atoms with Crippen molar-refractivity contribution in [2.24, 2.45) is 0 Å². The molecule has 0 aliphatic carbocycles. The number of aryl methyl sites for hydroxylation is 1. The highest BCUT2D eigenvalue weighted by Crippen LogP contribution is 2.24. The first-order valence-corrected chi connectivity index (χ1v) is 13.0. The molecule has 0 aromatic heterocycles. The summed E-state index contributed by atoms with van der Waals surface area (Å²) in [6, 6.07) is 16.0. The minimum Gasteiger partial charge on any atom is -0.495 e. The Hall–Kier alpha value is -3.57. The minimum absolute atomic E-state index is 0.0216. The van der Waals surface area contributed by atoms with Crippen molar-refractivity contribution in [3.05, 3.63) is 71.8 Å². The van der Waals surface area contributed by atoms with Crippen LogP contribution in [-0.4, -0.2) is 40.5 Å². The largest absolute Gasteiger partial charge is 0.495 e. The van der Waals surface area contributed by atoms with Crippen LogP contribution in [0.3, 0.4) is 0 Å². The highest BCUT2D eigenvalue weighted by molar-refractivity contribution is 7.92. The van der Waals surface area contributed by atoms with Gasteiger partial charge in [-0.05, 0) is 93.1 Å². The van der Waals surface area contributed by atoms with Crippen molar-refractivity contribution in [3.63, 3.8) is 0 Å². The van der Waals surface area contributed by atoms with Gasteiger partial charge in [0, 0.05) is 16.9 Å². The Bertz CT molecular complexity index is 1360. The third-order valence-corrected chi connectivity index (χ3v) is 6.68. The van der Waals surface area contributed by atoms with Crippen molar-refractivity contribution >= 4 is 57.9 Å². The summed E-state index contributed by atoms with van der Waals surface area (Å²) in [5, 5.41) is 5.46. The van der Waals surface area contributed by atoms with E-state index in [1.54, 1.807) is 55.5 Å². The molecule has 0 aliphatic heterocycles. The Morgan fingerprint density at radius 1 is 0.944 bits per heavy atom. The normalized spacial score (nSPS) is 10.9. The van der Waals surface area contributed by atoms with Crippen LogP contribution in [0.1, 0.15) is 29.8 Å². The molecule has 3 N–H and O–H groups in total. The number of hydrogen-bond donors (Lipinski definition) is 3. The lowest BCUT2D eigenvalue weighted by molar-refractivity contribution is 0.0977. The zero-order valence-electron chi connectivity index (χ0n) is 20.1. The predicted molar refractivity (Wildman–Crippen MR) is 146 cm³/mol. The molecule has 0 heterocycles. The summed E-state index contributed by atoms with van der Waals surface area (Å²) in [6.45, 7) is 6.35. The number of amides is 1. The van der Waals surface area contributed by atoms with Crippen LogP contribution in [0.5, 0.6) is 11.5 Å². The maximum atomic E-state index is 13.1. The summed E-state index contributed by atoms with van der Waals surface area (Å²) >= 11 is 5.24. The highest BCUT2D eigenvalue weighted by atomic mass is 32.2. The molecule has 0 saturated carbocycles. The standard InChI is InChI=1S/C25H26BN3O5S2/c1-4-33-20-11-7-17(8-12-20)24(30)28-25(35)27-18-9-6-16(3)23(15-18)36(31,32)29-19-10-13-22(34-5-2)21(26)14-19/h6-15,29H,4-5H2,1-3H3,(H2,27,28,30,35). The topological polar surface area (TPSA) is 106 Å². The Morgan fingerprint density at radius 3 is 2.25 bits per heavy atom. The third-order valence-electron chi connectivity index (χ3n) is 4.95. The molecule has 36 heavy (non-hydrogen) atoms. The Balaban J connectivity index is 1.71. The summed E-state index contributed by atoms with van der Waals surface area (Å²) < 4.78 is 39.5. The van der Waals surface area contributed by atoms with Gasteiger partial charge in [-0.3, -0.25) is 14.8 Å². The van der Waals surface area contributed by atoms with Gasteiger partial charge < -0.3 is 14.8 Å². The lowest BCUT2D eigenvalue weighted by Gasteiger charge is -2.15. The Labute approximate surface area is 217 Å². The molecule has 3 aromatic carbocycles. The van der Waals surface area contributed by atoms with Crippen LogP contribution in [0.4, 0.5) is 11.4 Å². The molecule has 1 amide bonds. The summed E-state index contributed by atoms with van der Waals surface area (Å²) in [7, 11) is 2.00.